The highest BCUT2D eigenvalue weighted by Gasteiger charge is 2.14. The fourth-order valence-corrected chi connectivity index (χ4v) is 3.22. The minimum atomic E-state index is 0.330. The molecule has 0 unspecified atom stereocenters. The van der Waals surface area contributed by atoms with E-state index in [0.717, 1.165) is 42.7 Å². The van der Waals surface area contributed by atoms with Crippen LogP contribution in [0.15, 0.2) is 60.7 Å². The summed E-state index contributed by atoms with van der Waals surface area (Å²) in [4.78, 5) is 11.6. The number of hydrogen-bond donors (Lipinski definition) is 1. The van der Waals surface area contributed by atoms with Gasteiger partial charge in [0.1, 0.15) is 23.2 Å². The van der Waals surface area contributed by atoms with Gasteiger partial charge in [0.2, 0.25) is 0 Å². The van der Waals surface area contributed by atoms with Gasteiger partial charge in [-0.05, 0) is 50.5 Å². The van der Waals surface area contributed by atoms with Crippen LogP contribution in [0.5, 0.6) is 5.75 Å². The summed E-state index contributed by atoms with van der Waals surface area (Å²) in [5.41, 5.74) is 2.53. The van der Waals surface area contributed by atoms with Crippen LogP contribution in [0, 0.1) is 6.92 Å². The number of aryl methyl sites for hydroxylation is 1. The number of rotatable bonds is 9. The van der Waals surface area contributed by atoms with Crippen LogP contribution < -0.4 is 15.0 Å². The standard InChI is InChI=1S/C24H30N4O/c1-18(2)28(17-21-8-6-5-7-9-21)24-16-23(26-19(3)27-24)25-15-14-20-10-12-22(29-4)13-11-20/h5-13,16,18H,14-15,17H2,1-4H3,(H,25,26,27). The van der Waals surface area contributed by atoms with E-state index in [-0.39, 0.29) is 0 Å². The molecule has 152 valence electrons. The Morgan fingerprint density at radius 3 is 2.34 bits per heavy atom. The summed E-state index contributed by atoms with van der Waals surface area (Å²) in [6.45, 7) is 7.95. The number of aromatic nitrogens is 2. The molecule has 0 saturated heterocycles. The summed E-state index contributed by atoms with van der Waals surface area (Å²) in [5, 5.41) is 3.45. The fraction of sp³-hybridized carbons (Fsp3) is 0.333. The first kappa shape index (κ1) is 20.6. The third-order valence-electron chi connectivity index (χ3n) is 4.82. The molecular weight excluding hydrogens is 360 g/mol. The maximum absolute atomic E-state index is 5.22. The Kier molecular flexibility index (Phi) is 7.06. The molecule has 0 amide bonds. The number of nitrogens with zero attached hydrogens (tertiary/aromatic N) is 3. The molecule has 0 atom stereocenters. The third kappa shape index (κ3) is 5.95. The minimum Gasteiger partial charge on any atom is -0.497 e. The summed E-state index contributed by atoms with van der Waals surface area (Å²) in [6.07, 6.45) is 0.917. The van der Waals surface area contributed by atoms with Gasteiger partial charge in [-0.3, -0.25) is 0 Å². The maximum Gasteiger partial charge on any atom is 0.134 e. The van der Waals surface area contributed by atoms with Crippen molar-refractivity contribution in [3.05, 3.63) is 77.6 Å². The minimum absolute atomic E-state index is 0.330. The average molecular weight is 391 g/mol. The predicted molar refractivity (Wildman–Crippen MR) is 120 cm³/mol. The Labute approximate surface area is 173 Å². The molecule has 0 aliphatic carbocycles. The van der Waals surface area contributed by atoms with Gasteiger partial charge in [-0.2, -0.15) is 0 Å². The Balaban J connectivity index is 1.68. The monoisotopic (exact) mass is 390 g/mol. The first-order chi connectivity index (χ1) is 14.0. The fourth-order valence-electron chi connectivity index (χ4n) is 3.22. The molecular formula is C24H30N4O. The third-order valence-corrected chi connectivity index (χ3v) is 4.82. The lowest BCUT2D eigenvalue weighted by molar-refractivity contribution is 0.414. The van der Waals surface area contributed by atoms with E-state index in [9.17, 15) is 0 Å². The molecule has 1 aromatic heterocycles. The van der Waals surface area contributed by atoms with E-state index in [1.54, 1.807) is 7.11 Å². The van der Waals surface area contributed by atoms with Crippen molar-refractivity contribution in [1.82, 2.24) is 9.97 Å². The highest BCUT2D eigenvalue weighted by atomic mass is 16.5. The Bertz CT molecular complexity index is 895. The second-order valence-corrected chi connectivity index (χ2v) is 7.39. The van der Waals surface area contributed by atoms with Gasteiger partial charge in [0.15, 0.2) is 0 Å². The van der Waals surface area contributed by atoms with Crippen molar-refractivity contribution in [3.8, 4) is 5.75 Å². The SMILES string of the molecule is COc1ccc(CCNc2cc(N(Cc3ccccc3)C(C)C)nc(C)n2)cc1. The van der Waals surface area contributed by atoms with Crippen molar-refractivity contribution in [1.29, 1.82) is 0 Å². The summed E-state index contributed by atoms with van der Waals surface area (Å²) >= 11 is 0. The van der Waals surface area contributed by atoms with Gasteiger partial charge in [-0.15, -0.1) is 0 Å². The molecule has 0 saturated carbocycles. The van der Waals surface area contributed by atoms with Gasteiger partial charge < -0.3 is 15.0 Å². The second kappa shape index (κ2) is 9.92. The summed E-state index contributed by atoms with van der Waals surface area (Å²) < 4.78 is 5.22. The Morgan fingerprint density at radius 2 is 1.69 bits per heavy atom. The molecule has 0 aliphatic rings. The molecule has 0 spiro atoms. The van der Waals surface area contributed by atoms with Crippen molar-refractivity contribution in [2.45, 2.75) is 39.8 Å². The lowest BCUT2D eigenvalue weighted by Crippen LogP contribution is -2.31. The topological polar surface area (TPSA) is 50.3 Å². The van der Waals surface area contributed by atoms with Crippen molar-refractivity contribution >= 4 is 11.6 Å². The van der Waals surface area contributed by atoms with Gasteiger partial charge in [0.25, 0.3) is 0 Å². The van der Waals surface area contributed by atoms with Gasteiger partial charge >= 0.3 is 0 Å². The number of methoxy groups -OCH3 is 1. The summed E-state index contributed by atoms with van der Waals surface area (Å²) in [5.74, 6) is 3.46. The smallest absolute Gasteiger partial charge is 0.134 e. The van der Waals surface area contributed by atoms with E-state index in [1.807, 2.05) is 31.2 Å². The van der Waals surface area contributed by atoms with Gasteiger partial charge in [0, 0.05) is 25.2 Å². The molecule has 1 heterocycles. The van der Waals surface area contributed by atoms with E-state index in [4.69, 9.17) is 9.72 Å². The van der Waals surface area contributed by atoms with E-state index in [0.29, 0.717) is 6.04 Å². The molecule has 0 radical (unpaired) electrons. The number of ether oxygens (including phenoxy) is 1. The normalized spacial score (nSPS) is 10.8. The molecule has 0 aliphatic heterocycles. The first-order valence-corrected chi connectivity index (χ1v) is 10.1. The molecule has 5 nitrogen and oxygen atoms in total. The zero-order valence-corrected chi connectivity index (χ0v) is 17.7. The van der Waals surface area contributed by atoms with Crippen LogP contribution in [-0.2, 0) is 13.0 Å². The number of benzene rings is 2. The van der Waals surface area contributed by atoms with Crippen LogP contribution in [0.4, 0.5) is 11.6 Å². The van der Waals surface area contributed by atoms with Crippen molar-refractivity contribution < 1.29 is 4.74 Å². The lowest BCUT2D eigenvalue weighted by Gasteiger charge is -2.28. The molecule has 0 fully saturated rings. The molecule has 0 bridgehead atoms. The Morgan fingerprint density at radius 1 is 0.966 bits per heavy atom. The van der Waals surface area contributed by atoms with Crippen molar-refractivity contribution in [2.24, 2.45) is 0 Å². The summed E-state index contributed by atoms with van der Waals surface area (Å²) in [6, 6.07) is 21.0. The van der Waals surface area contributed by atoms with Crippen molar-refractivity contribution in [3.63, 3.8) is 0 Å². The van der Waals surface area contributed by atoms with Gasteiger partial charge in [-0.1, -0.05) is 42.5 Å². The van der Waals surface area contributed by atoms with E-state index < -0.39 is 0 Å². The second-order valence-electron chi connectivity index (χ2n) is 7.39. The zero-order chi connectivity index (χ0) is 20.6. The van der Waals surface area contributed by atoms with Crippen LogP contribution in [0.2, 0.25) is 0 Å². The van der Waals surface area contributed by atoms with Gasteiger partial charge in [0.05, 0.1) is 7.11 Å². The molecule has 2 aromatic carbocycles. The van der Waals surface area contributed by atoms with E-state index in [1.165, 1.54) is 11.1 Å². The molecule has 5 heteroatoms. The highest BCUT2D eigenvalue weighted by molar-refractivity contribution is 5.50. The van der Waals surface area contributed by atoms with Crippen LogP contribution in [0.1, 0.15) is 30.8 Å². The molecule has 1 N–H and O–H groups in total. The van der Waals surface area contributed by atoms with E-state index in [2.05, 4.69) is 65.4 Å². The average Bonchev–Trinajstić information content (AvgIpc) is 2.72. The Hall–Kier alpha value is -3.08. The molecule has 3 aromatic rings. The van der Waals surface area contributed by atoms with Gasteiger partial charge in [-0.25, -0.2) is 9.97 Å². The number of hydrogen-bond acceptors (Lipinski definition) is 5. The predicted octanol–water partition coefficient (Wildman–Crippen LogP) is 4.86. The maximum atomic E-state index is 5.22. The molecule has 3 rings (SSSR count). The van der Waals surface area contributed by atoms with Crippen molar-refractivity contribution in [2.75, 3.05) is 23.9 Å². The zero-order valence-electron chi connectivity index (χ0n) is 17.7. The van der Waals surface area contributed by atoms with Crippen LogP contribution in [0.3, 0.4) is 0 Å². The molecule has 29 heavy (non-hydrogen) atoms. The largest absolute Gasteiger partial charge is 0.497 e. The van der Waals surface area contributed by atoms with Crippen LogP contribution in [-0.4, -0.2) is 29.7 Å². The number of anilines is 2. The van der Waals surface area contributed by atoms with Crippen LogP contribution >= 0.6 is 0 Å². The first-order valence-electron chi connectivity index (χ1n) is 10.1. The van der Waals surface area contributed by atoms with E-state index >= 15 is 0 Å². The highest BCUT2D eigenvalue weighted by Crippen LogP contribution is 2.21. The lowest BCUT2D eigenvalue weighted by atomic mass is 10.1. The quantitative estimate of drug-likeness (QED) is 0.565. The number of nitrogens with one attached hydrogen (secondary N) is 1. The van der Waals surface area contributed by atoms with Crippen LogP contribution in [0.25, 0.3) is 0 Å². The summed E-state index contributed by atoms with van der Waals surface area (Å²) in [7, 11) is 1.68.